The molecule has 0 fully saturated rings. The summed E-state index contributed by atoms with van der Waals surface area (Å²) in [6.07, 6.45) is 0.321. The fourth-order valence-electron chi connectivity index (χ4n) is 3.48. The summed E-state index contributed by atoms with van der Waals surface area (Å²) in [5.74, 6) is -2.59. The molecule has 2 amide bonds. The lowest BCUT2D eigenvalue weighted by atomic mass is 9.62. The topological polar surface area (TPSA) is 90.0 Å². The van der Waals surface area contributed by atoms with E-state index in [9.17, 15) is 22.8 Å². The number of rotatable bonds is 5. The molecule has 0 saturated heterocycles. The number of allylic oxidation sites excluding steroid dienone is 2. The highest BCUT2D eigenvalue weighted by atomic mass is 19.4. The number of amides is 2. The summed E-state index contributed by atoms with van der Waals surface area (Å²) < 4.78 is 39.9. The van der Waals surface area contributed by atoms with E-state index in [1.165, 1.54) is 0 Å². The molecule has 2 rings (SSSR count). The lowest BCUT2D eigenvalue weighted by Gasteiger charge is -2.40. The summed E-state index contributed by atoms with van der Waals surface area (Å²) in [7, 11) is 0. The van der Waals surface area contributed by atoms with Gasteiger partial charge in [-0.1, -0.05) is 37.6 Å². The zero-order valence-corrected chi connectivity index (χ0v) is 15.6. The fraction of sp³-hybridized carbons (Fsp3) is 0.500. The normalized spacial score (nSPS) is 22.7. The van der Waals surface area contributed by atoms with Crippen LogP contribution in [0.25, 0.3) is 0 Å². The van der Waals surface area contributed by atoms with E-state index < -0.39 is 35.0 Å². The number of carbonyl (C=O) groups excluding carboxylic acids is 2. The minimum atomic E-state index is -4.63. The first kappa shape index (κ1) is 20.7. The first-order valence-corrected chi connectivity index (χ1v) is 8.57. The van der Waals surface area contributed by atoms with E-state index in [1.807, 2.05) is 0 Å². The molecule has 3 N–H and O–H groups in total. The van der Waals surface area contributed by atoms with Crippen LogP contribution in [-0.4, -0.2) is 21.6 Å². The summed E-state index contributed by atoms with van der Waals surface area (Å²) in [6.45, 7) is 6.97. The predicted molar refractivity (Wildman–Crippen MR) is 94.4 cm³/mol. The van der Waals surface area contributed by atoms with Gasteiger partial charge in [-0.3, -0.25) is 9.59 Å². The highest BCUT2D eigenvalue weighted by molar-refractivity contribution is 6.00. The number of aromatic nitrogens is 2. The Bertz CT molecular complexity index is 808. The van der Waals surface area contributed by atoms with Crippen LogP contribution in [0.15, 0.2) is 29.9 Å². The molecule has 1 aromatic rings. The molecular weight excluding hydrogens is 361 g/mol. The van der Waals surface area contributed by atoms with Crippen molar-refractivity contribution in [3.8, 4) is 0 Å². The van der Waals surface area contributed by atoms with Crippen molar-refractivity contribution in [3.63, 3.8) is 0 Å². The molecule has 0 bridgehead atoms. The third-order valence-corrected chi connectivity index (χ3v) is 4.93. The maximum Gasteiger partial charge on any atom is 0.435 e. The summed E-state index contributed by atoms with van der Waals surface area (Å²) >= 11 is 0. The maximum atomic E-state index is 13.0. The Morgan fingerprint density at radius 1 is 1.41 bits per heavy atom. The van der Waals surface area contributed by atoms with Crippen LogP contribution < -0.4 is 11.1 Å². The van der Waals surface area contributed by atoms with Crippen molar-refractivity contribution in [2.24, 2.45) is 23.0 Å². The van der Waals surface area contributed by atoms with Gasteiger partial charge in [-0.15, -0.1) is 0 Å². The standard InChI is InChI=1S/C18H23F3N4O2/c1-5-25-13(9-12(24-25)18(19,20)21)23-15(26)14-11(4)7-6-8-17(14,10(2)3)16(22)27/h6-10,14H,5H2,1-4H3,(H2,22,27)(H,23,26). The van der Waals surface area contributed by atoms with Gasteiger partial charge < -0.3 is 11.1 Å². The number of halogens is 3. The number of anilines is 1. The second kappa shape index (κ2) is 7.21. The van der Waals surface area contributed by atoms with Crippen LogP contribution >= 0.6 is 0 Å². The Hall–Kier alpha value is -2.58. The second-order valence-corrected chi connectivity index (χ2v) is 6.87. The minimum Gasteiger partial charge on any atom is -0.369 e. The molecule has 148 valence electrons. The smallest absolute Gasteiger partial charge is 0.369 e. The summed E-state index contributed by atoms with van der Waals surface area (Å²) in [5.41, 5.74) is 3.87. The molecule has 0 radical (unpaired) electrons. The molecule has 9 heteroatoms. The Balaban J connectivity index is 2.44. The first-order chi connectivity index (χ1) is 12.4. The van der Waals surface area contributed by atoms with Gasteiger partial charge in [0.25, 0.3) is 0 Å². The van der Waals surface area contributed by atoms with Gasteiger partial charge in [0.1, 0.15) is 5.82 Å². The van der Waals surface area contributed by atoms with Gasteiger partial charge in [-0.25, -0.2) is 4.68 Å². The number of nitrogens with zero attached hydrogens (tertiary/aromatic N) is 2. The molecular formula is C18H23F3N4O2. The molecule has 1 aliphatic rings. The van der Waals surface area contributed by atoms with Gasteiger partial charge in [-0.05, 0) is 19.8 Å². The number of hydrogen-bond donors (Lipinski definition) is 2. The van der Waals surface area contributed by atoms with Crippen LogP contribution in [0, 0.1) is 17.3 Å². The molecule has 1 aromatic heterocycles. The van der Waals surface area contributed by atoms with E-state index in [-0.39, 0.29) is 18.3 Å². The van der Waals surface area contributed by atoms with Crippen LogP contribution in [-0.2, 0) is 22.3 Å². The number of hydrogen-bond acceptors (Lipinski definition) is 3. The van der Waals surface area contributed by atoms with Gasteiger partial charge in [0.15, 0.2) is 5.69 Å². The predicted octanol–water partition coefficient (Wildman–Crippen LogP) is 3.12. The summed E-state index contributed by atoms with van der Waals surface area (Å²) in [5, 5.41) is 5.98. The van der Waals surface area contributed by atoms with Crippen molar-refractivity contribution in [2.75, 3.05) is 5.32 Å². The minimum absolute atomic E-state index is 0.0840. The van der Waals surface area contributed by atoms with Crippen molar-refractivity contribution < 1.29 is 22.8 Å². The van der Waals surface area contributed by atoms with Crippen LogP contribution in [0.3, 0.4) is 0 Å². The van der Waals surface area contributed by atoms with E-state index >= 15 is 0 Å². The summed E-state index contributed by atoms with van der Waals surface area (Å²) in [4.78, 5) is 25.3. The monoisotopic (exact) mass is 384 g/mol. The van der Waals surface area contributed by atoms with Crippen molar-refractivity contribution in [2.45, 2.75) is 40.4 Å². The molecule has 2 unspecified atom stereocenters. The molecule has 6 nitrogen and oxygen atoms in total. The van der Waals surface area contributed by atoms with Crippen LogP contribution in [0.5, 0.6) is 0 Å². The van der Waals surface area contributed by atoms with Gasteiger partial charge in [-0.2, -0.15) is 18.3 Å². The molecule has 0 spiro atoms. The largest absolute Gasteiger partial charge is 0.435 e. The van der Waals surface area contributed by atoms with Crippen molar-refractivity contribution in [3.05, 3.63) is 35.6 Å². The number of aryl methyl sites for hydroxylation is 1. The molecule has 0 saturated carbocycles. The molecule has 1 aliphatic carbocycles. The highest BCUT2D eigenvalue weighted by Crippen LogP contribution is 2.44. The lowest BCUT2D eigenvalue weighted by Crippen LogP contribution is -2.51. The molecule has 0 aromatic carbocycles. The Morgan fingerprint density at radius 3 is 2.52 bits per heavy atom. The van der Waals surface area contributed by atoms with Crippen LogP contribution in [0.2, 0.25) is 0 Å². The zero-order chi connectivity index (χ0) is 20.6. The Labute approximate surface area is 155 Å². The zero-order valence-electron chi connectivity index (χ0n) is 15.6. The van der Waals surface area contributed by atoms with Crippen LogP contribution in [0.1, 0.15) is 33.4 Å². The number of primary amides is 1. The van der Waals surface area contributed by atoms with E-state index in [2.05, 4.69) is 10.4 Å². The van der Waals surface area contributed by atoms with Gasteiger partial charge >= 0.3 is 6.18 Å². The van der Waals surface area contributed by atoms with Gasteiger partial charge in [0, 0.05) is 12.6 Å². The van der Waals surface area contributed by atoms with E-state index in [1.54, 1.807) is 45.9 Å². The van der Waals surface area contributed by atoms with Crippen LogP contribution in [0.4, 0.5) is 19.0 Å². The number of nitrogens with two attached hydrogens (primary N) is 1. The Kier molecular flexibility index (Phi) is 5.53. The maximum absolute atomic E-state index is 13.0. The quantitative estimate of drug-likeness (QED) is 0.817. The lowest BCUT2D eigenvalue weighted by molar-refractivity contribution is -0.141. The first-order valence-electron chi connectivity index (χ1n) is 8.57. The van der Waals surface area contributed by atoms with Crippen molar-refractivity contribution in [1.29, 1.82) is 0 Å². The SMILES string of the molecule is CCn1nc(C(F)(F)F)cc1NC(=O)C1C(C)=CC=CC1(C(N)=O)C(C)C. The summed E-state index contributed by atoms with van der Waals surface area (Å²) in [6, 6.07) is 0.778. The molecule has 2 atom stereocenters. The van der Waals surface area contributed by atoms with E-state index in [0.29, 0.717) is 5.57 Å². The number of nitrogens with one attached hydrogen (secondary N) is 1. The average molecular weight is 384 g/mol. The van der Waals surface area contributed by atoms with E-state index in [4.69, 9.17) is 5.73 Å². The number of carbonyl (C=O) groups is 2. The fourth-order valence-corrected chi connectivity index (χ4v) is 3.48. The van der Waals surface area contributed by atoms with Gasteiger partial charge in [0.05, 0.1) is 11.3 Å². The average Bonchev–Trinajstić information content (AvgIpc) is 2.96. The second-order valence-electron chi connectivity index (χ2n) is 6.87. The van der Waals surface area contributed by atoms with Crippen molar-refractivity contribution >= 4 is 17.6 Å². The molecule has 1 heterocycles. The molecule has 0 aliphatic heterocycles. The third-order valence-electron chi connectivity index (χ3n) is 4.93. The number of alkyl halides is 3. The molecule has 27 heavy (non-hydrogen) atoms. The Morgan fingerprint density at radius 2 is 2.04 bits per heavy atom. The van der Waals surface area contributed by atoms with E-state index in [0.717, 1.165) is 10.7 Å². The van der Waals surface area contributed by atoms with Crippen molar-refractivity contribution in [1.82, 2.24) is 9.78 Å². The highest BCUT2D eigenvalue weighted by Gasteiger charge is 2.50. The van der Waals surface area contributed by atoms with Gasteiger partial charge in [0.2, 0.25) is 11.8 Å². The third kappa shape index (κ3) is 3.63.